The maximum atomic E-state index is 13.0. The molecule has 0 aromatic rings. The normalized spacial score (nSPS) is 15.3. The number of hydrogen-bond acceptors (Lipinski definition) is 5. The molecule has 0 heterocycles. The van der Waals surface area contributed by atoms with Crippen molar-refractivity contribution in [2.45, 2.75) is 112 Å². The van der Waals surface area contributed by atoms with Crippen LogP contribution in [0.25, 0.3) is 0 Å². The highest BCUT2D eigenvalue weighted by molar-refractivity contribution is 7.48. The average molecular weight is 449 g/mol. The lowest BCUT2D eigenvalue weighted by atomic mass is 10.0. The highest BCUT2D eigenvalue weighted by Gasteiger charge is 2.37. The average Bonchev–Trinajstić information content (AvgIpc) is 2.47. The van der Waals surface area contributed by atoms with E-state index in [1.54, 1.807) is 0 Å². The summed E-state index contributed by atoms with van der Waals surface area (Å²) in [6, 6.07) is 0. The molecular weight excluding hydrogens is 403 g/mol. The molecule has 0 spiro atoms. The molecule has 1 atom stereocenters. The van der Waals surface area contributed by atoms with E-state index in [-0.39, 0.29) is 17.2 Å². The molecule has 0 saturated carbocycles. The molecule has 0 bridgehead atoms. The summed E-state index contributed by atoms with van der Waals surface area (Å²) in [4.78, 5) is 0. The van der Waals surface area contributed by atoms with E-state index in [1.165, 1.54) is 5.57 Å². The molecule has 0 radical (unpaired) electrons. The fourth-order valence-corrected chi connectivity index (χ4v) is 4.92. The van der Waals surface area contributed by atoms with Gasteiger partial charge in [0.2, 0.25) is 0 Å². The van der Waals surface area contributed by atoms with Crippen LogP contribution in [0, 0.1) is 0 Å². The summed E-state index contributed by atoms with van der Waals surface area (Å²) in [6.45, 7) is 27.0. The van der Waals surface area contributed by atoms with Gasteiger partial charge in [-0.2, -0.15) is 0 Å². The standard InChI is InChI=1S/C22H45O5PSi/c1-17(2)21(27-28(23,25-18(3)4)26-19(5)6)14-13-20(7)15-16-24-29(11,12)22(8,9)10/h15,18-19,21H,1,13-14,16H2,2-12H3/b20-15+. The smallest absolute Gasteiger partial charge is 0.413 e. The number of allylic oxidation sites excluding steroid dienone is 1. The third kappa shape index (κ3) is 11.7. The Bertz CT molecular complexity index is 577. The summed E-state index contributed by atoms with van der Waals surface area (Å²) >= 11 is 0. The van der Waals surface area contributed by atoms with Gasteiger partial charge in [0, 0.05) is 0 Å². The van der Waals surface area contributed by atoms with Crippen LogP contribution in [0.5, 0.6) is 0 Å². The van der Waals surface area contributed by atoms with Crippen molar-refractivity contribution in [3.63, 3.8) is 0 Å². The van der Waals surface area contributed by atoms with Crippen LogP contribution in [0.3, 0.4) is 0 Å². The van der Waals surface area contributed by atoms with Gasteiger partial charge in [0.25, 0.3) is 0 Å². The highest BCUT2D eigenvalue weighted by Crippen LogP contribution is 2.53. The molecule has 0 aliphatic heterocycles. The Morgan fingerprint density at radius 1 is 1.03 bits per heavy atom. The van der Waals surface area contributed by atoms with Gasteiger partial charge in [-0.05, 0) is 72.5 Å². The van der Waals surface area contributed by atoms with Crippen molar-refractivity contribution in [3.05, 3.63) is 23.8 Å². The molecule has 0 amide bonds. The van der Waals surface area contributed by atoms with Crippen LogP contribution in [-0.2, 0) is 22.6 Å². The van der Waals surface area contributed by atoms with Crippen LogP contribution in [0.15, 0.2) is 23.8 Å². The topological polar surface area (TPSA) is 54.0 Å². The van der Waals surface area contributed by atoms with Crippen LogP contribution in [-0.4, -0.2) is 33.2 Å². The minimum Gasteiger partial charge on any atom is -0.413 e. The summed E-state index contributed by atoms with van der Waals surface area (Å²) in [5, 5.41) is 0.196. The molecule has 0 aliphatic rings. The SMILES string of the molecule is C=C(C)C(CC/C(C)=C/CO[Si](C)(C)C(C)(C)C)OP(=O)(OC(C)C)OC(C)C. The largest absolute Gasteiger partial charge is 0.475 e. The van der Waals surface area contributed by atoms with Crippen LogP contribution >= 0.6 is 7.82 Å². The Balaban J connectivity index is 4.96. The number of rotatable bonds is 13. The van der Waals surface area contributed by atoms with Gasteiger partial charge in [0.05, 0.1) is 24.9 Å². The summed E-state index contributed by atoms with van der Waals surface area (Å²) < 4.78 is 36.1. The Hall–Kier alpha value is -0.233. The molecule has 0 rings (SSSR count). The Labute approximate surface area is 181 Å². The first-order chi connectivity index (χ1) is 13.0. The Morgan fingerprint density at radius 3 is 1.90 bits per heavy atom. The molecule has 172 valence electrons. The van der Waals surface area contributed by atoms with E-state index >= 15 is 0 Å². The first kappa shape index (κ1) is 28.8. The fraction of sp³-hybridized carbons (Fsp3) is 0.818. The van der Waals surface area contributed by atoms with Crippen molar-refractivity contribution in [3.8, 4) is 0 Å². The van der Waals surface area contributed by atoms with Gasteiger partial charge in [0.1, 0.15) is 0 Å². The van der Waals surface area contributed by atoms with Crippen molar-refractivity contribution < 1.29 is 22.6 Å². The number of hydrogen-bond donors (Lipinski definition) is 0. The Morgan fingerprint density at radius 2 is 1.52 bits per heavy atom. The van der Waals surface area contributed by atoms with E-state index in [2.05, 4.69) is 53.4 Å². The molecule has 0 N–H and O–H groups in total. The van der Waals surface area contributed by atoms with Crippen LogP contribution in [0.4, 0.5) is 0 Å². The number of phosphoric ester groups is 1. The van der Waals surface area contributed by atoms with Gasteiger partial charge in [-0.1, -0.05) is 44.6 Å². The highest BCUT2D eigenvalue weighted by atomic mass is 31.2. The molecule has 0 fully saturated rings. The quantitative estimate of drug-likeness (QED) is 0.164. The van der Waals surface area contributed by atoms with Gasteiger partial charge in [0.15, 0.2) is 8.32 Å². The van der Waals surface area contributed by atoms with Crippen molar-refractivity contribution in [2.24, 2.45) is 0 Å². The van der Waals surface area contributed by atoms with Gasteiger partial charge in [-0.25, -0.2) is 4.57 Å². The molecule has 7 heteroatoms. The summed E-state index contributed by atoms with van der Waals surface area (Å²) in [6.07, 6.45) is 2.65. The first-order valence-corrected chi connectivity index (χ1v) is 15.0. The molecule has 0 aromatic heterocycles. The van der Waals surface area contributed by atoms with Crippen LogP contribution in [0.2, 0.25) is 18.1 Å². The maximum absolute atomic E-state index is 13.0. The molecule has 0 aromatic carbocycles. The monoisotopic (exact) mass is 448 g/mol. The van der Waals surface area contributed by atoms with Crippen molar-refractivity contribution in [1.82, 2.24) is 0 Å². The Kier molecular flexibility index (Phi) is 11.9. The van der Waals surface area contributed by atoms with Gasteiger partial charge in [-0.3, -0.25) is 13.6 Å². The third-order valence-corrected chi connectivity index (χ3v) is 11.3. The minimum absolute atomic E-state index is 0.196. The van der Waals surface area contributed by atoms with Crippen molar-refractivity contribution in [1.29, 1.82) is 0 Å². The van der Waals surface area contributed by atoms with Gasteiger partial charge >= 0.3 is 7.82 Å². The second kappa shape index (κ2) is 12.0. The lowest BCUT2D eigenvalue weighted by Crippen LogP contribution is -2.40. The molecule has 0 aliphatic carbocycles. The lowest BCUT2D eigenvalue weighted by molar-refractivity contribution is 0.0537. The van der Waals surface area contributed by atoms with Crippen LogP contribution in [0.1, 0.15) is 75.2 Å². The fourth-order valence-electron chi connectivity index (χ4n) is 2.21. The van der Waals surface area contributed by atoms with Crippen molar-refractivity contribution >= 4 is 16.1 Å². The minimum atomic E-state index is -3.66. The summed E-state index contributed by atoms with van der Waals surface area (Å²) in [5.41, 5.74) is 2.01. The molecular formula is C22H45O5PSi. The predicted molar refractivity (Wildman–Crippen MR) is 126 cm³/mol. The zero-order chi connectivity index (χ0) is 23.0. The van der Waals surface area contributed by atoms with Crippen molar-refractivity contribution in [2.75, 3.05) is 6.61 Å². The zero-order valence-electron chi connectivity index (χ0n) is 20.6. The van der Waals surface area contributed by atoms with E-state index in [0.717, 1.165) is 12.0 Å². The second-order valence-electron chi connectivity index (χ2n) is 9.86. The van der Waals surface area contributed by atoms with E-state index in [4.69, 9.17) is 18.0 Å². The van der Waals surface area contributed by atoms with Gasteiger partial charge < -0.3 is 4.43 Å². The molecule has 29 heavy (non-hydrogen) atoms. The van der Waals surface area contributed by atoms with E-state index in [9.17, 15) is 4.57 Å². The summed E-state index contributed by atoms with van der Waals surface area (Å²) in [5.74, 6) is 0. The lowest BCUT2D eigenvalue weighted by Gasteiger charge is -2.35. The number of phosphoric acid groups is 1. The van der Waals surface area contributed by atoms with Gasteiger partial charge in [-0.15, -0.1) is 0 Å². The third-order valence-electron chi connectivity index (χ3n) is 4.97. The maximum Gasteiger partial charge on any atom is 0.475 e. The summed E-state index contributed by atoms with van der Waals surface area (Å²) in [7, 11) is -5.41. The second-order valence-corrected chi connectivity index (χ2v) is 16.2. The van der Waals surface area contributed by atoms with E-state index in [1.807, 2.05) is 34.6 Å². The molecule has 0 saturated heterocycles. The predicted octanol–water partition coefficient (Wildman–Crippen LogP) is 7.65. The van der Waals surface area contributed by atoms with E-state index < -0.39 is 22.2 Å². The zero-order valence-corrected chi connectivity index (χ0v) is 22.5. The molecule has 1 unspecified atom stereocenters. The first-order valence-electron chi connectivity index (χ1n) is 10.6. The van der Waals surface area contributed by atoms with Crippen LogP contribution < -0.4 is 0 Å². The molecule has 5 nitrogen and oxygen atoms in total. The van der Waals surface area contributed by atoms with E-state index in [0.29, 0.717) is 13.0 Å².